The standard InChI is InChI=1S/C12H24N4O3/c1-3-10(8-11(13)15-18)14-9(2)12(17)16-4-6-19-7-5-16/h9-10,14,18H,3-8H2,1-2H3,(H2,13,15). The summed E-state index contributed by atoms with van der Waals surface area (Å²) in [6.45, 7) is 6.31. The van der Waals surface area contributed by atoms with Gasteiger partial charge in [0.1, 0.15) is 5.84 Å². The van der Waals surface area contributed by atoms with Gasteiger partial charge < -0.3 is 25.9 Å². The van der Waals surface area contributed by atoms with Gasteiger partial charge in [-0.25, -0.2) is 0 Å². The van der Waals surface area contributed by atoms with Crippen LogP contribution in [0.4, 0.5) is 0 Å². The summed E-state index contributed by atoms with van der Waals surface area (Å²) >= 11 is 0. The van der Waals surface area contributed by atoms with Crippen molar-refractivity contribution in [2.24, 2.45) is 10.9 Å². The molecule has 1 rings (SSSR count). The Bertz CT molecular complexity index is 316. The van der Waals surface area contributed by atoms with Crippen LogP contribution in [0.5, 0.6) is 0 Å². The number of carbonyl (C=O) groups is 1. The van der Waals surface area contributed by atoms with E-state index in [9.17, 15) is 4.79 Å². The molecule has 1 aliphatic rings. The van der Waals surface area contributed by atoms with E-state index < -0.39 is 0 Å². The molecule has 1 amide bonds. The zero-order valence-corrected chi connectivity index (χ0v) is 11.6. The van der Waals surface area contributed by atoms with Gasteiger partial charge >= 0.3 is 0 Å². The maximum absolute atomic E-state index is 12.2. The topological polar surface area (TPSA) is 100 Å². The van der Waals surface area contributed by atoms with Crippen LogP contribution in [0.2, 0.25) is 0 Å². The van der Waals surface area contributed by atoms with Gasteiger partial charge in [-0.2, -0.15) is 0 Å². The van der Waals surface area contributed by atoms with Crippen molar-refractivity contribution in [1.82, 2.24) is 10.2 Å². The van der Waals surface area contributed by atoms with Crippen molar-refractivity contribution in [3.63, 3.8) is 0 Å². The Morgan fingerprint density at radius 2 is 2.16 bits per heavy atom. The normalized spacial score (nSPS) is 20.1. The minimum absolute atomic E-state index is 0.0240. The van der Waals surface area contributed by atoms with Gasteiger partial charge in [-0.3, -0.25) is 4.79 Å². The molecule has 0 aromatic carbocycles. The number of hydrogen-bond acceptors (Lipinski definition) is 5. The Labute approximate surface area is 113 Å². The van der Waals surface area contributed by atoms with Crippen molar-refractivity contribution in [3.8, 4) is 0 Å². The highest BCUT2D eigenvalue weighted by Crippen LogP contribution is 2.04. The van der Waals surface area contributed by atoms with E-state index in [2.05, 4.69) is 10.5 Å². The van der Waals surface area contributed by atoms with E-state index in [1.54, 1.807) is 4.90 Å². The fourth-order valence-electron chi connectivity index (χ4n) is 2.10. The molecule has 7 nitrogen and oxygen atoms in total. The smallest absolute Gasteiger partial charge is 0.239 e. The van der Waals surface area contributed by atoms with E-state index in [4.69, 9.17) is 15.7 Å². The van der Waals surface area contributed by atoms with Gasteiger partial charge in [0.05, 0.1) is 19.3 Å². The molecule has 0 aromatic heterocycles. The van der Waals surface area contributed by atoms with Crippen LogP contribution in [0.25, 0.3) is 0 Å². The van der Waals surface area contributed by atoms with Crippen molar-refractivity contribution in [2.45, 2.75) is 38.8 Å². The van der Waals surface area contributed by atoms with Crippen molar-refractivity contribution in [1.29, 1.82) is 0 Å². The molecule has 2 atom stereocenters. The minimum atomic E-state index is -0.283. The highest BCUT2D eigenvalue weighted by molar-refractivity contribution is 5.82. The quantitative estimate of drug-likeness (QED) is 0.268. The van der Waals surface area contributed by atoms with Gasteiger partial charge in [-0.1, -0.05) is 12.1 Å². The Morgan fingerprint density at radius 1 is 1.53 bits per heavy atom. The molecule has 19 heavy (non-hydrogen) atoms. The van der Waals surface area contributed by atoms with E-state index >= 15 is 0 Å². The number of nitrogens with two attached hydrogens (primary N) is 1. The van der Waals surface area contributed by atoms with E-state index in [-0.39, 0.29) is 23.8 Å². The van der Waals surface area contributed by atoms with Gasteiger partial charge in [-0.05, 0) is 13.3 Å². The van der Waals surface area contributed by atoms with E-state index in [0.29, 0.717) is 32.7 Å². The zero-order valence-electron chi connectivity index (χ0n) is 11.6. The first-order valence-corrected chi connectivity index (χ1v) is 6.67. The average molecular weight is 272 g/mol. The van der Waals surface area contributed by atoms with E-state index in [1.807, 2.05) is 13.8 Å². The summed E-state index contributed by atoms with van der Waals surface area (Å²) in [5.74, 6) is 0.242. The predicted molar refractivity (Wildman–Crippen MR) is 72.1 cm³/mol. The van der Waals surface area contributed by atoms with E-state index in [1.165, 1.54) is 0 Å². The van der Waals surface area contributed by atoms with Crippen molar-refractivity contribution in [2.75, 3.05) is 26.3 Å². The molecule has 0 bridgehead atoms. The summed E-state index contributed by atoms with van der Waals surface area (Å²) in [5, 5.41) is 14.8. The Kier molecular flexibility index (Phi) is 6.58. The van der Waals surface area contributed by atoms with Gasteiger partial charge in [0, 0.05) is 25.6 Å². The molecule has 0 spiro atoms. The number of morpholine rings is 1. The Morgan fingerprint density at radius 3 is 2.68 bits per heavy atom. The zero-order chi connectivity index (χ0) is 14.3. The molecule has 1 heterocycles. The third-order valence-electron chi connectivity index (χ3n) is 3.26. The van der Waals surface area contributed by atoms with Gasteiger partial charge in [0.2, 0.25) is 5.91 Å². The lowest BCUT2D eigenvalue weighted by molar-refractivity contribution is -0.137. The number of nitrogens with zero attached hydrogens (tertiary/aromatic N) is 2. The molecule has 0 radical (unpaired) electrons. The van der Waals surface area contributed by atoms with Crippen LogP contribution in [-0.4, -0.2) is 60.2 Å². The molecule has 110 valence electrons. The molecule has 0 aliphatic carbocycles. The second-order valence-corrected chi connectivity index (χ2v) is 4.73. The van der Waals surface area contributed by atoms with Crippen LogP contribution >= 0.6 is 0 Å². The minimum Gasteiger partial charge on any atom is -0.409 e. The number of amidine groups is 1. The summed E-state index contributed by atoms with van der Waals surface area (Å²) in [6, 6.07) is -0.259. The summed E-state index contributed by atoms with van der Waals surface area (Å²) in [4.78, 5) is 14.0. The highest BCUT2D eigenvalue weighted by atomic mass is 16.5. The molecule has 2 unspecified atom stereocenters. The molecule has 1 aliphatic heterocycles. The summed E-state index contributed by atoms with van der Waals surface area (Å²) in [5.41, 5.74) is 5.49. The second kappa shape index (κ2) is 7.96. The fourth-order valence-corrected chi connectivity index (χ4v) is 2.10. The number of ether oxygens (including phenoxy) is 1. The van der Waals surface area contributed by atoms with Crippen molar-refractivity contribution < 1.29 is 14.7 Å². The van der Waals surface area contributed by atoms with Crippen LogP contribution in [-0.2, 0) is 9.53 Å². The second-order valence-electron chi connectivity index (χ2n) is 4.73. The van der Waals surface area contributed by atoms with Gasteiger partial charge in [-0.15, -0.1) is 0 Å². The molecule has 4 N–H and O–H groups in total. The number of amides is 1. The van der Waals surface area contributed by atoms with Crippen LogP contribution < -0.4 is 11.1 Å². The summed E-state index contributed by atoms with van der Waals surface area (Å²) in [6.07, 6.45) is 1.23. The third-order valence-corrected chi connectivity index (χ3v) is 3.26. The summed E-state index contributed by atoms with van der Waals surface area (Å²) < 4.78 is 5.22. The lowest BCUT2D eigenvalue weighted by Gasteiger charge is -2.31. The molecule has 1 saturated heterocycles. The Hall–Kier alpha value is -1.34. The molecular weight excluding hydrogens is 248 g/mol. The van der Waals surface area contributed by atoms with Crippen molar-refractivity contribution in [3.05, 3.63) is 0 Å². The number of hydrogen-bond donors (Lipinski definition) is 3. The molecular formula is C12H24N4O3. The lowest BCUT2D eigenvalue weighted by Crippen LogP contribution is -2.51. The van der Waals surface area contributed by atoms with Crippen LogP contribution in [0, 0.1) is 0 Å². The first kappa shape index (κ1) is 15.7. The molecule has 7 heteroatoms. The fraction of sp³-hybridized carbons (Fsp3) is 0.833. The number of nitrogens with one attached hydrogen (secondary N) is 1. The lowest BCUT2D eigenvalue weighted by atomic mass is 10.1. The third kappa shape index (κ3) is 5.04. The van der Waals surface area contributed by atoms with Crippen LogP contribution in [0.15, 0.2) is 5.16 Å². The van der Waals surface area contributed by atoms with E-state index in [0.717, 1.165) is 6.42 Å². The number of oxime groups is 1. The number of carbonyl (C=O) groups excluding carboxylic acids is 1. The maximum atomic E-state index is 12.2. The molecule has 0 saturated carbocycles. The van der Waals surface area contributed by atoms with Crippen LogP contribution in [0.3, 0.4) is 0 Å². The maximum Gasteiger partial charge on any atom is 0.239 e. The highest BCUT2D eigenvalue weighted by Gasteiger charge is 2.24. The first-order chi connectivity index (χ1) is 9.08. The van der Waals surface area contributed by atoms with Gasteiger partial charge in [0.15, 0.2) is 0 Å². The van der Waals surface area contributed by atoms with Crippen LogP contribution in [0.1, 0.15) is 26.7 Å². The first-order valence-electron chi connectivity index (χ1n) is 6.67. The summed E-state index contributed by atoms with van der Waals surface area (Å²) in [7, 11) is 0. The molecule has 0 aromatic rings. The number of rotatable bonds is 6. The predicted octanol–water partition coefficient (Wildman–Crippen LogP) is -0.262. The SMILES string of the molecule is CCC(CC(N)=NO)NC(C)C(=O)N1CCOCC1. The monoisotopic (exact) mass is 272 g/mol. The van der Waals surface area contributed by atoms with Gasteiger partial charge in [0.25, 0.3) is 0 Å². The molecule has 1 fully saturated rings. The largest absolute Gasteiger partial charge is 0.409 e. The average Bonchev–Trinajstić information content (AvgIpc) is 2.46. The van der Waals surface area contributed by atoms with Crippen molar-refractivity contribution >= 4 is 11.7 Å². The Balaban J connectivity index is 2.46.